The lowest BCUT2D eigenvalue weighted by Crippen LogP contribution is -2.28. The Kier molecular flexibility index (Phi) is 5.75. The molecule has 3 aromatic rings. The molecule has 1 heterocycles. The summed E-state index contributed by atoms with van der Waals surface area (Å²) in [6.07, 6.45) is 0.566. The van der Waals surface area contributed by atoms with Crippen molar-refractivity contribution in [1.29, 1.82) is 0 Å². The van der Waals surface area contributed by atoms with E-state index in [-0.39, 0.29) is 11.5 Å². The minimum atomic E-state index is -0.554. The molecule has 8 heteroatoms. The van der Waals surface area contributed by atoms with Gasteiger partial charge in [0.05, 0.1) is 10.2 Å². The predicted molar refractivity (Wildman–Crippen MR) is 101 cm³/mol. The van der Waals surface area contributed by atoms with E-state index in [4.69, 9.17) is 0 Å². The van der Waals surface area contributed by atoms with Crippen LogP contribution in [-0.2, 0) is 4.79 Å². The molecule has 0 atom stereocenters. The fourth-order valence-electron chi connectivity index (χ4n) is 2.53. The van der Waals surface area contributed by atoms with Crippen molar-refractivity contribution in [2.24, 2.45) is 0 Å². The molecule has 1 aromatic heterocycles. The number of hydrogen-bond acceptors (Lipinski definition) is 4. The van der Waals surface area contributed by atoms with Crippen LogP contribution in [0.4, 0.5) is 8.78 Å². The van der Waals surface area contributed by atoms with Crippen molar-refractivity contribution in [2.75, 3.05) is 13.1 Å². The third-order valence-electron chi connectivity index (χ3n) is 3.77. The second-order valence-electron chi connectivity index (χ2n) is 5.95. The van der Waals surface area contributed by atoms with Gasteiger partial charge in [-0.3, -0.25) is 9.59 Å². The Labute approximate surface area is 158 Å². The van der Waals surface area contributed by atoms with E-state index >= 15 is 0 Å². The minimum Gasteiger partial charge on any atom is -0.356 e. The van der Waals surface area contributed by atoms with E-state index in [2.05, 4.69) is 15.6 Å². The van der Waals surface area contributed by atoms with Crippen molar-refractivity contribution >= 4 is 33.4 Å². The number of nitrogens with one attached hydrogen (secondary N) is 2. The van der Waals surface area contributed by atoms with Gasteiger partial charge in [0.2, 0.25) is 5.91 Å². The second-order valence-corrected chi connectivity index (χ2v) is 6.98. The number of aromatic nitrogens is 1. The van der Waals surface area contributed by atoms with E-state index < -0.39 is 17.5 Å². The first-order chi connectivity index (χ1) is 12.9. The highest BCUT2D eigenvalue weighted by Gasteiger charge is 2.13. The highest BCUT2D eigenvalue weighted by atomic mass is 32.1. The molecule has 0 radical (unpaired) electrons. The van der Waals surface area contributed by atoms with Crippen molar-refractivity contribution in [3.8, 4) is 10.6 Å². The molecule has 0 bridgehead atoms. The van der Waals surface area contributed by atoms with Gasteiger partial charge in [-0.15, -0.1) is 11.3 Å². The van der Waals surface area contributed by atoms with Gasteiger partial charge in [0, 0.05) is 37.2 Å². The molecule has 2 amide bonds. The number of thiazole rings is 1. The first-order valence-corrected chi connectivity index (χ1v) is 9.14. The average Bonchev–Trinajstić information content (AvgIpc) is 3.03. The fourth-order valence-corrected chi connectivity index (χ4v) is 3.46. The molecule has 140 valence electrons. The van der Waals surface area contributed by atoms with Crippen LogP contribution in [0.15, 0.2) is 36.4 Å². The zero-order valence-electron chi connectivity index (χ0n) is 14.5. The summed E-state index contributed by atoms with van der Waals surface area (Å²) >= 11 is 1.30. The summed E-state index contributed by atoms with van der Waals surface area (Å²) in [5, 5.41) is 5.83. The average molecular weight is 389 g/mol. The summed E-state index contributed by atoms with van der Waals surface area (Å²) in [4.78, 5) is 27.4. The molecule has 0 saturated carbocycles. The maximum Gasteiger partial charge on any atom is 0.251 e. The van der Waals surface area contributed by atoms with Crippen LogP contribution in [0.5, 0.6) is 0 Å². The maximum absolute atomic E-state index is 14.0. The van der Waals surface area contributed by atoms with Crippen LogP contribution in [-0.4, -0.2) is 29.9 Å². The standard InChI is InChI=1S/C19H17F2N3O2S/c1-11(25)22-5-2-6-23-18(26)12-7-13(9-15(21)8-12)19-24-16-10-14(20)3-4-17(16)27-19/h3-4,7-10H,2,5-6H2,1H3,(H,22,25)(H,23,26). The molecule has 2 N–H and O–H groups in total. The zero-order valence-corrected chi connectivity index (χ0v) is 15.3. The Morgan fingerprint density at radius 1 is 1.04 bits per heavy atom. The van der Waals surface area contributed by atoms with Gasteiger partial charge in [-0.2, -0.15) is 0 Å². The molecule has 0 aliphatic heterocycles. The summed E-state index contributed by atoms with van der Waals surface area (Å²) < 4.78 is 28.1. The Morgan fingerprint density at radius 3 is 2.59 bits per heavy atom. The smallest absolute Gasteiger partial charge is 0.251 e. The summed E-state index contributed by atoms with van der Waals surface area (Å²) in [5.74, 6) is -1.49. The Balaban J connectivity index is 1.75. The largest absolute Gasteiger partial charge is 0.356 e. The number of benzene rings is 2. The first kappa shape index (κ1) is 18.9. The number of fused-ring (bicyclic) bond motifs is 1. The van der Waals surface area contributed by atoms with Gasteiger partial charge >= 0.3 is 0 Å². The lowest BCUT2D eigenvalue weighted by atomic mass is 10.1. The Hall–Kier alpha value is -2.87. The Bertz CT molecular complexity index is 1000. The maximum atomic E-state index is 14.0. The molecular weight excluding hydrogens is 372 g/mol. The number of carbonyl (C=O) groups excluding carboxylic acids is 2. The first-order valence-electron chi connectivity index (χ1n) is 8.32. The number of halogens is 2. The summed E-state index contributed by atoms with van der Waals surface area (Å²) in [6, 6.07) is 8.28. The van der Waals surface area contributed by atoms with Crippen molar-refractivity contribution in [2.45, 2.75) is 13.3 Å². The van der Waals surface area contributed by atoms with Crippen molar-refractivity contribution in [3.63, 3.8) is 0 Å². The van der Waals surface area contributed by atoms with Crippen LogP contribution >= 0.6 is 11.3 Å². The van der Waals surface area contributed by atoms with Gasteiger partial charge in [-0.25, -0.2) is 13.8 Å². The van der Waals surface area contributed by atoms with Gasteiger partial charge < -0.3 is 10.6 Å². The molecule has 0 spiro atoms. The van der Waals surface area contributed by atoms with E-state index in [9.17, 15) is 18.4 Å². The van der Waals surface area contributed by atoms with E-state index in [0.29, 0.717) is 35.6 Å². The normalized spacial score (nSPS) is 10.8. The number of hydrogen-bond donors (Lipinski definition) is 2. The van der Waals surface area contributed by atoms with Gasteiger partial charge in [-0.05, 0) is 36.8 Å². The monoisotopic (exact) mass is 389 g/mol. The van der Waals surface area contributed by atoms with Gasteiger partial charge in [0.25, 0.3) is 5.91 Å². The molecule has 0 unspecified atom stereocenters. The van der Waals surface area contributed by atoms with Crippen LogP contribution in [0.3, 0.4) is 0 Å². The molecular formula is C19H17F2N3O2S. The zero-order chi connectivity index (χ0) is 19.4. The summed E-state index contributed by atoms with van der Waals surface area (Å²) in [6.45, 7) is 2.22. The molecule has 2 aromatic carbocycles. The highest BCUT2D eigenvalue weighted by Crippen LogP contribution is 2.31. The SMILES string of the molecule is CC(=O)NCCCNC(=O)c1cc(F)cc(-c2nc3cc(F)ccc3s2)c1. The van der Waals surface area contributed by atoms with Crippen molar-refractivity contribution < 1.29 is 18.4 Å². The molecule has 27 heavy (non-hydrogen) atoms. The predicted octanol–water partition coefficient (Wildman–Crippen LogP) is 3.50. The van der Waals surface area contributed by atoms with Gasteiger partial charge in [0.1, 0.15) is 16.6 Å². The molecule has 0 fully saturated rings. The number of nitrogens with zero attached hydrogens (tertiary/aromatic N) is 1. The topological polar surface area (TPSA) is 71.1 Å². The van der Waals surface area contributed by atoms with Crippen LogP contribution in [0.25, 0.3) is 20.8 Å². The fraction of sp³-hybridized carbons (Fsp3) is 0.211. The van der Waals surface area contributed by atoms with Crippen LogP contribution in [0.1, 0.15) is 23.7 Å². The number of amides is 2. The highest BCUT2D eigenvalue weighted by molar-refractivity contribution is 7.21. The molecule has 0 saturated heterocycles. The van der Waals surface area contributed by atoms with Crippen molar-refractivity contribution in [1.82, 2.24) is 15.6 Å². The van der Waals surface area contributed by atoms with E-state index in [1.54, 1.807) is 12.1 Å². The number of rotatable bonds is 6. The molecule has 3 rings (SSSR count). The van der Waals surface area contributed by atoms with E-state index in [1.165, 1.54) is 36.5 Å². The summed E-state index contributed by atoms with van der Waals surface area (Å²) in [7, 11) is 0. The second kappa shape index (κ2) is 8.22. The van der Waals surface area contributed by atoms with Crippen LogP contribution in [0.2, 0.25) is 0 Å². The molecule has 5 nitrogen and oxygen atoms in total. The van der Waals surface area contributed by atoms with Crippen molar-refractivity contribution in [3.05, 3.63) is 53.6 Å². The summed E-state index contributed by atoms with van der Waals surface area (Å²) in [5.41, 5.74) is 1.12. The van der Waals surface area contributed by atoms with E-state index in [0.717, 1.165) is 10.8 Å². The molecule has 0 aliphatic rings. The lowest BCUT2D eigenvalue weighted by Gasteiger charge is -2.07. The quantitative estimate of drug-likeness (QED) is 0.634. The van der Waals surface area contributed by atoms with Crippen LogP contribution < -0.4 is 10.6 Å². The third-order valence-corrected chi connectivity index (χ3v) is 4.86. The Morgan fingerprint density at radius 2 is 1.81 bits per heavy atom. The number of carbonyl (C=O) groups is 2. The minimum absolute atomic E-state index is 0.133. The van der Waals surface area contributed by atoms with Crippen LogP contribution in [0, 0.1) is 11.6 Å². The lowest BCUT2D eigenvalue weighted by molar-refractivity contribution is -0.118. The van der Waals surface area contributed by atoms with Gasteiger partial charge in [0.15, 0.2) is 0 Å². The molecule has 0 aliphatic carbocycles. The van der Waals surface area contributed by atoms with E-state index in [1.807, 2.05) is 0 Å². The van der Waals surface area contributed by atoms with Gasteiger partial charge in [-0.1, -0.05) is 0 Å². The third kappa shape index (κ3) is 4.85.